The van der Waals surface area contributed by atoms with Gasteiger partial charge < -0.3 is 9.47 Å². The van der Waals surface area contributed by atoms with E-state index in [9.17, 15) is 9.59 Å². The van der Waals surface area contributed by atoms with Gasteiger partial charge in [0.2, 0.25) is 0 Å². The van der Waals surface area contributed by atoms with Crippen molar-refractivity contribution in [2.75, 3.05) is 13.2 Å². The second kappa shape index (κ2) is 10.5. The predicted octanol–water partition coefficient (Wildman–Crippen LogP) is 6.25. The lowest BCUT2D eigenvalue weighted by Gasteiger charge is -2.14. The van der Waals surface area contributed by atoms with Crippen molar-refractivity contribution < 1.29 is 19.1 Å². The van der Waals surface area contributed by atoms with E-state index < -0.39 is 0 Å². The van der Waals surface area contributed by atoms with Crippen LogP contribution in [0.4, 0.5) is 4.79 Å². The molecule has 8 heteroatoms. The number of nitrogens with zero attached hydrogens (tertiary/aromatic N) is 1. The third kappa shape index (κ3) is 5.47. The van der Waals surface area contributed by atoms with Crippen molar-refractivity contribution in [3.05, 3.63) is 73.1 Å². The number of thioether (sulfide) groups is 1. The summed E-state index contributed by atoms with van der Waals surface area (Å²) in [4.78, 5) is 26.9. The molecule has 5 nitrogen and oxygen atoms in total. The van der Waals surface area contributed by atoms with E-state index in [0.29, 0.717) is 34.1 Å². The Morgan fingerprint density at radius 1 is 1.20 bits per heavy atom. The van der Waals surface area contributed by atoms with E-state index in [1.165, 1.54) is 4.90 Å². The highest BCUT2D eigenvalue weighted by atomic mass is 127. The first-order valence-corrected chi connectivity index (χ1v) is 11.8. The van der Waals surface area contributed by atoms with Gasteiger partial charge in [-0.25, -0.2) is 0 Å². The van der Waals surface area contributed by atoms with E-state index in [4.69, 9.17) is 9.47 Å². The van der Waals surface area contributed by atoms with Crippen LogP contribution in [-0.4, -0.2) is 29.3 Å². The SMILES string of the molecule is C=CCOc1c(Br)cc(/C=C2/SC(=O)N(Cc3ccc(I)cc3)C2=O)cc1OCC. The number of benzene rings is 2. The van der Waals surface area contributed by atoms with Gasteiger partial charge >= 0.3 is 0 Å². The molecule has 0 saturated carbocycles. The van der Waals surface area contributed by atoms with Gasteiger partial charge in [0.15, 0.2) is 11.5 Å². The predicted molar refractivity (Wildman–Crippen MR) is 132 cm³/mol. The molecule has 1 saturated heterocycles. The molecular formula is C22H19BrINO4S. The smallest absolute Gasteiger partial charge is 0.293 e. The number of ether oxygens (including phenoxy) is 2. The van der Waals surface area contributed by atoms with Gasteiger partial charge in [0.25, 0.3) is 11.1 Å². The van der Waals surface area contributed by atoms with Crippen molar-refractivity contribution in [3.63, 3.8) is 0 Å². The summed E-state index contributed by atoms with van der Waals surface area (Å²) in [7, 11) is 0. The van der Waals surface area contributed by atoms with Crippen LogP contribution in [0.5, 0.6) is 11.5 Å². The molecule has 3 rings (SSSR count). The molecular weight excluding hydrogens is 581 g/mol. The zero-order chi connectivity index (χ0) is 21.7. The number of imide groups is 1. The zero-order valence-electron chi connectivity index (χ0n) is 16.2. The Labute approximate surface area is 201 Å². The molecule has 0 aromatic heterocycles. The van der Waals surface area contributed by atoms with E-state index in [2.05, 4.69) is 45.1 Å². The Morgan fingerprint density at radius 3 is 2.60 bits per heavy atom. The van der Waals surface area contributed by atoms with Crippen molar-refractivity contribution >= 4 is 67.5 Å². The van der Waals surface area contributed by atoms with Gasteiger partial charge in [-0.3, -0.25) is 14.5 Å². The molecule has 2 amide bonds. The molecule has 1 fully saturated rings. The van der Waals surface area contributed by atoms with Gasteiger partial charge in [0.1, 0.15) is 6.61 Å². The third-order valence-corrected chi connectivity index (χ3v) is 6.32. The fraction of sp³-hybridized carbons (Fsp3) is 0.182. The molecule has 1 aliphatic rings. The lowest BCUT2D eigenvalue weighted by molar-refractivity contribution is -0.123. The lowest BCUT2D eigenvalue weighted by Crippen LogP contribution is -2.27. The number of amides is 2. The molecule has 0 atom stereocenters. The summed E-state index contributed by atoms with van der Waals surface area (Å²) in [5.41, 5.74) is 1.64. The van der Waals surface area contributed by atoms with Gasteiger partial charge in [0.05, 0.1) is 22.5 Å². The molecule has 0 N–H and O–H groups in total. The lowest BCUT2D eigenvalue weighted by atomic mass is 10.1. The third-order valence-electron chi connectivity index (χ3n) is 4.10. The topological polar surface area (TPSA) is 55.8 Å². The van der Waals surface area contributed by atoms with Crippen LogP contribution in [0.25, 0.3) is 6.08 Å². The Balaban J connectivity index is 1.85. The Hall–Kier alpha value is -1.78. The average molecular weight is 600 g/mol. The minimum atomic E-state index is -0.301. The van der Waals surface area contributed by atoms with Crippen molar-refractivity contribution in [3.8, 4) is 11.5 Å². The van der Waals surface area contributed by atoms with Crippen molar-refractivity contribution in [1.82, 2.24) is 4.90 Å². The molecule has 0 bridgehead atoms. The highest BCUT2D eigenvalue weighted by molar-refractivity contribution is 14.1. The van der Waals surface area contributed by atoms with Crippen LogP contribution in [0, 0.1) is 3.57 Å². The first-order chi connectivity index (χ1) is 14.4. The minimum absolute atomic E-state index is 0.251. The molecule has 1 aliphatic heterocycles. The second-order valence-electron chi connectivity index (χ2n) is 6.26. The number of carbonyl (C=O) groups excluding carboxylic acids is 2. The Morgan fingerprint density at radius 2 is 1.93 bits per heavy atom. The number of hydrogen-bond donors (Lipinski definition) is 0. The monoisotopic (exact) mass is 599 g/mol. The standard InChI is InChI=1S/C22H19BrINO4S/c1-3-9-29-20-17(23)10-15(11-18(20)28-4-2)12-19-21(26)25(22(27)30-19)13-14-5-7-16(24)8-6-14/h3,5-8,10-12H,1,4,9,13H2,2H3/b19-12+. The molecule has 156 valence electrons. The molecule has 2 aromatic carbocycles. The highest BCUT2D eigenvalue weighted by Gasteiger charge is 2.35. The van der Waals surface area contributed by atoms with Gasteiger partial charge in [0, 0.05) is 3.57 Å². The van der Waals surface area contributed by atoms with Gasteiger partial charge in [-0.2, -0.15) is 0 Å². The van der Waals surface area contributed by atoms with Gasteiger partial charge in [-0.15, -0.1) is 0 Å². The Bertz CT molecular complexity index is 1010. The van der Waals surface area contributed by atoms with E-state index in [0.717, 1.165) is 26.5 Å². The van der Waals surface area contributed by atoms with Gasteiger partial charge in [-0.1, -0.05) is 24.8 Å². The molecule has 2 aromatic rings. The maximum Gasteiger partial charge on any atom is 0.293 e. The summed E-state index contributed by atoms with van der Waals surface area (Å²) in [6.07, 6.45) is 3.35. The average Bonchev–Trinajstić information content (AvgIpc) is 2.96. The summed E-state index contributed by atoms with van der Waals surface area (Å²) in [5, 5.41) is -0.278. The summed E-state index contributed by atoms with van der Waals surface area (Å²) in [6, 6.07) is 11.4. The second-order valence-corrected chi connectivity index (χ2v) is 9.35. The number of halogens is 2. The molecule has 0 aliphatic carbocycles. The minimum Gasteiger partial charge on any atom is -0.490 e. The van der Waals surface area contributed by atoms with Crippen LogP contribution in [-0.2, 0) is 11.3 Å². The molecule has 1 heterocycles. The van der Waals surface area contributed by atoms with E-state index in [1.807, 2.05) is 37.3 Å². The first kappa shape index (κ1) is 22.9. The van der Waals surface area contributed by atoms with Crippen molar-refractivity contribution in [2.24, 2.45) is 0 Å². The molecule has 0 radical (unpaired) electrons. The molecule has 0 unspecified atom stereocenters. The molecule has 30 heavy (non-hydrogen) atoms. The number of carbonyl (C=O) groups is 2. The van der Waals surface area contributed by atoms with E-state index in [-0.39, 0.29) is 17.7 Å². The van der Waals surface area contributed by atoms with Crippen LogP contribution >= 0.6 is 50.3 Å². The summed E-state index contributed by atoms with van der Waals surface area (Å²) in [6.45, 7) is 6.60. The fourth-order valence-electron chi connectivity index (χ4n) is 2.78. The van der Waals surface area contributed by atoms with Crippen LogP contribution in [0.1, 0.15) is 18.1 Å². The maximum absolute atomic E-state index is 12.8. The van der Waals surface area contributed by atoms with Crippen LogP contribution < -0.4 is 9.47 Å². The first-order valence-electron chi connectivity index (χ1n) is 9.12. The zero-order valence-corrected chi connectivity index (χ0v) is 20.8. The largest absolute Gasteiger partial charge is 0.490 e. The van der Waals surface area contributed by atoms with Crippen LogP contribution in [0.2, 0.25) is 0 Å². The van der Waals surface area contributed by atoms with Crippen LogP contribution in [0.15, 0.2) is 58.4 Å². The van der Waals surface area contributed by atoms with E-state index >= 15 is 0 Å². The highest BCUT2D eigenvalue weighted by Crippen LogP contribution is 2.39. The summed E-state index contributed by atoms with van der Waals surface area (Å²) >= 11 is 6.65. The fourth-order valence-corrected chi connectivity index (χ4v) is 4.55. The summed E-state index contributed by atoms with van der Waals surface area (Å²) in [5.74, 6) is 0.823. The number of hydrogen-bond acceptors (Lipinski definition) is 5. The molecule has 0 spiro atoms. The summed E-state index contributed by atoms with van der Waals surface area (Å²) < 4.78 is 13.2. The number of rotatable bonds is 8. The van der Waals surface area contributed by atoms with Crippen molar-refractivity contribution in [2.45, 2.75) is 13.5 Å². The quantitative estimate of drug-likeness (QED) is 0.204. The van der Waals surface area contributed by atoms with Gasteiger partial charge in [-0.05, 0) is 98.7 Å². The normalized spacial score (nSPS) is 15.0. The van der Waals surface area contributed by atoms with Crippen molar-refractivity contribution in [1.29, 1.82) is 0 Å². The Kier molecular flexibility index (Phi) is 8.01. The van der Waals surface area contributed by atoms with Crippen LogP contribution in [0.3, 0.4) is 0 Å². The maximum atomic E-state index is 12.8. The van der Waals surface area contributed by atoms with E-state index in [1.54, 1.807) is 18.2 Å².